The maximum absolute atomic E-state index is 14.0. The molecule has 3 aromatic heterocycles. The van der Waals surface area contributed by atoms with Crippen molar-refractivity contribution < 1.29 is 27.1 Å². The van der Waals surface area contributed by atoms with Crippen LogP contribution in [-0.4, -0.2) is 32.7 Å². The van der Waals surface area contributed by atoms with Crippen molar-refractivity contribution in [1.82, 2.24) is 19.6 Å². The van der Waals surface area contributed by atoms with E-state index in [2.05, 4.69) is 35.7 Å². The van der Waals surface area contributed by atoms with E-state index in [1.807, 2.05) is 13.0 Å². The second-order valence-electron chi connectivity index (χ2n) is 9.96. The molecule has 0 radical (unpaired) electrons. The number of hydrogen-bond donors (Lipinski definition) is 4. The Bertz CT molecular complexity index is 2030. The van der Waals surface area contributed by atoms with Crippen LogP contribution in [0.4, 0.5) is 36.2 Å². The Kier molecular flexibility index (Phi) is 11.1. The number of benzene rings is 3. The minimum Gasteiger partial charge on any atom is -0.465 e. The largest absolute Gasteiger partial charge is 0.465 e. The van der Waals surface area contributed by atoms with Crippen molar-refractivity contribution in [2.75, 3.05) is 30.0 Å². The number of nitrogens with two attached hydrogens (primary N) is 4. The van der Waals surface area contributed by atoms with E-state index in [0.29, 0.717) is 56.3 Å². The molecule has 0 aliphatic heterocycles. The third kappa shape index (κ3) is 8.58. The number of anilines is 4. The smallest absolute Gasteiger partial charge is 0.340 e. The van der Waals surface area contributed by atoms with Crippen LogP contribution in [0.3, 0.4) is 0 Å². The number of fused-ring (bicyclic) bond motifs is 1. The Morgan fingerprint density at radius 2 is 1.43 bits per heavy atom. The molecule has 0 fully saturated rings. The summed E-state index contributed by atoms with van der Waals surface area (Å²) in [6, 6.07) is 16.3. The van der Waals surface area contributed by atoms with Crippen LogP contribution in [0.1, 0.15) is 32.8 Å². The molecule has 47 heavy (non-hydrogen) atoms. The van der Waals surface area contributed by atoms with Gasteiger partial charge in [0.2, 0.25) is 11.8 Å². The Labute approximate surface area is 275 Å². The summed E-state index contributed by atoms with van der Waals surface area (Å²) in [5.41, 5.74) is 25.9. The summed E-state index contributed by atoms with van der Waals surface area (Å²) in [5, 5.41) is 4.82. The topological polar surface area (TPSA) is 187 Å². The van der Waals surface area contributed by atoms with Crippen LogP contribution in [-0.2, 0) is 16.5 Å². The van der Waals surface area contributed by atoms with Crippen LogP contribution in [0.2, 0.25) is 0 Å². The van der Waals surface area contributed by atoms with Crippen LogP contribution in [0.15, 0.2) is 77.3 Å². The lowest BCUT2D eigenvalue weighted by molar-refractivity contribution is 0.0595. The molecule has 0 bridgehead atoms. The zero-order valence-electron chi connectivity index (χ0n) is 25.2. The molecule has 0 aliphatic rings. The van der Waals surface area contributed by atoms with E-state index in [1.54, 1.807) is 30.5 Å². The Morgan fingerprint density at radius 1 is 0.830 bits per heavy atom. The number of rotatable bonds is 5. The molecular formula is C32H30BrF3N8O3. The molecule has 3 aromatic carbocycles. The van der Waals surface area contributed by atoms with Crippen molar-refractivity contribution in [2.45, 2.75) is 18.7 Å². The molecule has 8 N–H and O–H groups in total. The number of furan rings is 1. The van der Waals surface area contributed by atoms with Crippen molar-refractivity contribution in [3.05, 3.63) is 118 Å². The number of nitrogen functional groups attached to an aromatic ring is 4. The van der Waals surface area contributed by atoms with Gasteiger partial charge in [-0.15, -0.1) is 0 Å². The lowest BCUT2D eigenvalue weighted by Crippen LogP contribution is -2.05. The zero-order valence-corrected chi connectivity index (χ0v) is 26.8. The summed E-state index contributed by atoms with van der Waals surface area (Å²) >= 11 is 3.15. The summed E-state index contributed by atoms with van der Waals surface area (Å²) in [6.45, 7) is 1.84. The van der Waals surface area contributed by atoms with Crippen molar-refractivity contribution in [1.29, 1.82) is 0 Å². The number of aromatic nitrogens is 4. The Hall–Kier alpha value is -5.57. The highest BCUT2D eigenvalue weighted by Gasteiger charge is 2.17. The van der Waals surface area contributed by atoms with Gasteiger partial charge in [0, 0.05) is 39.9 Å². The van der Waals surface area contributed by atoms with Gasteiger partial charge in [0.05, 0.1) is 18.9 Å². The van der Waals surface area contributed by atoms with Gasteiger partial charge in [-0.1, -0.05) is 15.9 Å². The first-order valence-corrected chi connectivity index (χ1v) is 14.9. The molecule has 6 aromatic rings. The maximum Gasteiger partial charge on any atom is 0.340 e. The Balaban J connectivity index is 0.000000189. The fraction of sp³-hybridized carbons (Fsp3) is 0.125. The molecule has 11 nitrogen and oxygen atoms in total. The number of hydrogen-bond acceptors (Lipinski definition) is 10. The Morgan fingerprint density at radius 3 is 2.00 bits per heavy atom. The quantitative estimate of drug-likeness (QED) is 0.0927. The number of aryl methyl sites for hydroxylation is 1. The molecule has 0 spiro atoms. The molecule has 0 aliphatic carbocycles. The van der Waals surface area contributed by atoms with Crippen LogP contribution in [0.25, 0.3) is 17.2 Å². The number of ether oxygens (including phenoxy) is 1. The van der Waals surface area contributed by atoms with Crippen molar-refractivity contribution in [2.24, 2.45) is 0 Å². The highest BCUT2D eigenvalue weighted by atomic mass is 79.9. The number of esters is 1. The molecule has 3 heterocycles. The average Bonchev–Trinajstić information content (AvgIpc) is 3.67. The lowest BCUT2D eigenvalue weighted by Gasteiger charge is -2.05. The van der Waals surface area contributed by atoms with Gasteiger partial charge in [-0.05, 0) is 79.2 Å². The van der Waals surface area contributed by atoms with Crippen LogP contribution >= 0.6 is 15.9 Å². The normalized spacial score (nSPS) is 10.5. The van der Waals surface area contributed by atoms with Crippen LogP contribution in [0, 0.1) is 24.4 Å². The number of methoxy groups -OCH3 is 1. The summed E-state index contributed by atoms with van der Waals surface area (Å²) in [5.74, 6) is -0.100. The summed E-state index contributed by atoms with van der Waals surface area (Å²) < 4.78 is 51.1. The van der Waals surface area contributed by atoms with Crippen molar-refractivity contribution in [3.8, 4) is 11.6 Å². The zero-order chi connectivity index (χ0) is 34.2. The first kappa shape index (κ1) is 34.3. The summed E-state index contributed by atoms with van der Waals surface area (Å²) in [4.78, 5) is 19.3. The monoisotopic (exact) mass is 710 g/mol. The van der Waals surface area contributed by atoms with Gasteiger partial charge in [-0.3, -0.25) is 0 Å². The average molecular weight is 712 g/mol. The minimum absolute atomic E-state index is 0.0892. The SMILES string of the molecule is COC(=O)c1cc(N)ccc1F.Cc1ccc(-c2nc(N)nc3c(Cc4cc(N)ccc4F)cnn23)o1.Nc1ccc(F)c(CBr)c1. The van der Waals surface area contributed by atoms with E-state index in [1.165, 1.54) is 42.0 Å². The highest BCUT2D eigenvalue weighted by Crippen LogP contribution is 2.25. The van der Waals surface area contributed by atoms with Gasteiger partial charge in [0.1, 0.15) is 23.2 Å². The molecule has 0 saturated carbocycles. The van der Waals surface area contributed by atoms with Gasteiger partial charge in [0.25, 0.3) is 0 Å². The number of carbonyl (C=O) groups excluding carboxylic acids is 1. The molecule has 6 rings (SSSR count). The van der Waals surface area contributed by atoms with Gasteiger partial charge < -0.3 is 32.1 Å². The summed E-state index contributed by atoms with van der Waals surface area (Å²) in [7, 11) is 1.19. The van der Waals surface area contributed by atoms with E-state index in [0.717, 1.165) is 11.8 Å². The van der Waals surface area contributed by atoms with Gasteiger partial charge in [-0.2, -0.15) is 19.6 Å². The lowest BCUT2D eigenvalue weighted by atomic mass is 10.1. The predicted octanol–water partition coefficient (Wildman–Crippen LogP) is 6.08. The number of nitrogens with zero attached hydrogens (tertiary/aromatic N) is 4. The first-order valence-electron chi connectivity index (χ1n) is 13.7. The van der Waals surface area contributed by atoms with E-state index in [4.69, 9.17) is 27.4 Å². The number of carbonyl (C=O) groups is 1. The molecule has 244 valence electrons. The van der Waals surface area contributed by atoms with Gasteiger partial charge >= 0.3 is 5.97 Å². The van der Waals surface area contributed by atoms with E-state index >= 15 is 0 Å². The third-order valence-corrected chi connectivity index (χ3v) is 7.08. The van der Waals surface area contributed by atoms with E-state index < -0.39 is 11.8 Å². The first-order chi connectivity index (χ1) is 22.4. The molecule has 0 saturated heterocycles. The predicted molar refractivity (Wildman–Crippen MR) is 177 cm³/mol. The third-order valence-electron chi connectivity index (χ3n) is 6.48. The molecule has 0 atom stereocenters. The van der Waals surface area contributed by atoms with Gasteiger partial charge in [0.15, 0.2) is 11.4 Å². The maximum atomic E-state index is 14.0. The fourth-order valence-electron chi connectivity index (χ4n) is 4.22. The molecule has 15 heteroatoms. The van der Waals surface area contributed by atoms with E-state index in [9.17, 15) is 18.0 Å². The minimum atomic E-state index is -0.722. The summed E-state index contributed by atoms with van der Waals surface area (Å²) in [6.07, 6.45) is 1.90. The van der Waals surface area contributed by atoms with E-state index in [-0.39, 0.29) is 29.6 Å². The number of halogens is 4. The van der Waals surface area contributed by atoms with Crippen LogP contribution < -0.4 is 22.9 Å². The second-order valence-corrected chi connectivity index (χ2v) is 10.5. The molecule has 0 unspecified atom stereocenters. The standard InChI is InChI=1S/C17H15FN6O.C8H8FNO2.C7H7BrFN/c1-9-2-5-14(25-9)16-23-17(20)22-15-11(8-21-24(15)16)6-10-7-12(19)3-4-13(10)18;1-12-8(11)6-4-5(10)2-3-7(6)9;8-4-5-3-6(10)1-2-7(5)9/h2-5,7-8H,6,19H2,1H3,(H2,20,22);2-4H,10H2,1H3;1-3H,4,10H2. The van der Waals surface area contributed by atoms with Gasteiger partial charge in [-0.25, -0.2) is 18.0 Å². The van der Waals surface area contributed by atoms with Crippen molar-refractivity contribution >= 4 is 50.6 Å². The van der Waals surface area contributed by atoms with Crippen LogP contribution in [0.5, 0.6) is 0 Å². The van der Waals surface area contributed by atoms with Crippen molar-refractivity contribution in [3.63, 3.8) is 0 Å². The number of alkyl halides is 1. The second kappa shape index (κ2) is 15.1. The fourth-order valence-corrected chi connectivity index (χ4v) is 4.65. The highest BCUT2D eigenvalue weighted by molar-refractivity contribution is 9.08. The molecule has 0 amide bonds. The molecular weight excluding hydrogens is 681 g/mol.